The van der Waals surface area contributed by atoms with Gasteiger partial charge in [0.15, 0.2) is 0 Å². The SMILES string of the molecule is O=C(CCN1CCCN(C(=O)c2cccc(Cl)c2)CC1)Nc1ccccc1Cl. The van der Waals surface area contributed by atoms with Gasteiger partial charge in [0.1, 0.15) is 0 Å². The molecule has 5 nitrogen and oxygen atoms in total. The fourth-order valence-corrected chi connectivity index (χ4v) is 3.61. The number of halogens is 2. The lowest BCUT2D eigenvalue weighted by Gasteiger charge is -2.22. The topological polar surface area (TPSA) is 52.7 Å². The maximum absolute atomic E-state index is 12.7. The summed E-state index contributed by atoms with van der Waals surface area (Å²) in [5.74, 6) is -0.0648. The van der Waals surface area contributed by atoms with Crippen LogP contribution in [0.4, 0.5) is 5.69 Å². The zero-order valence-corrected chi connectivity index (χ0v) is 17.0. The molecule has 1 N–H and O–H groups in total. The van der Waals surface area contributed by atoms with Crippen molar-refractivity contribution < 1.29 is 9.59 Å². The van der Waals surface area contributed by atoms with Crippen molar-refractivity contribution in [2.45, 2.75) is 12.8 Å². The van der Waals surface area contributed by atoms with Gasteiger partial charge in [-0.2, -0.15) is 0 Å². The highest BCUT2D eigenvalue weighted by Gasteiger charge is 2.20. The van der Waals surface area contributed by atoms with Crippen LogP contribution in [0.1, 0.15) is 23.2 Å². The molecule has 1 heterocycles. The molecule has 28 heavy (non-hydrogen) atoms. The minimum absolute atomic E-state index is 0.000752. The van der Waals surface area contributed by atoms with E-state index in [1.54, 1.807) is 36.4 Å². The second-order valence-electron chi connectivity index (χ2n) is 6.78. The van der Waals surface area contributed by atoms with Crippen molar-refractivity contribution >= 4 is 40.7 Å². The van der Waals surface area contributed by atoms with Gasteiger partial charge in [-0.05, 0) is 43.3 Å². The number of carbonyl (C=O) groups is 2. The van der Waals surface area contributed by atoms with Crippen LogP contribution in [0.3, 0.4) is 0 Å². The van der Waals surface area contributed by atoms with Gasteiger partial charge in [0.2, 0.25) is 5.91 Å². The third kappa shape index (κ3) is 5.71. The molecule has 2 aromatic rings. The molecule has 2 aromatic carbocycles. The monoisotopic (exact) mass is 419 g/mol. The molecule has 0 aromatic heterocycles. The van der Waals surface area contributed by atoms with Gasteiger partial charge in [-0.1, -0.05) is 41.4 Å². The molecule has 0 radical (unpaired) electrons. The fourth-order valence-electron chi connectivity index (χ4n) is 3.24. The highest BCUT2D eigenvalue weighted by atomic mass is 35.5. The molecule has 0 aliphatic carbocycles. The van der Waals surface area contributed by atoms with Gasteiger partial charge >= 0.3 is 0 Å². The lowest BCUT2D eigenvalue weighted by molar-refractivity contribution is -0.116. The summed E-state index contributed by atoms with van der Waals surface area (Å²) in [6.45, 7) is 3.59. The van der Waals surface area contributed by atoms with E-state index in [9.17, 15) is 9.59 Å². The molecule has 0 saturated carbocycles. The first-order chi connectivity index (χ1) is 13.5. The number of rotatable bonds is 5. The van der Waals surface area contributed by atoms with Gasteiger partial charge in [0.25, 0.3) is 5.91 Å². The van der Waals surface area contributed by atoms with Crippen LogP contribution < -0.4 is 5.32 Å². The highest BCUT2D eigenvalue weighted by molar-refractivity contribution is 6.33. The number of para-hydroxylation sites is 1. The molecular formula is C21H23Cl2N3O2. The normalized spacial score (nSPS) is 15.1. The van der Waals surface area contributed by atoms with Crippen molar-refractivity contribution in [2.75, 3.05) is 38.0 Å². The molecule has 1 saturated heterocycles. The van der Waals surface area contributed by atoms with Crippen molar-refractivity contribution in [1.82, 2.24) is 9.80 Å². The van der Waals surface area contributed by atoms with Crippen LogP contribution in [0, 0.1) is 0 Å². The molecular weight excluding hydrogens is 397 g/mol. The molecule has 3 rings (SSSR count). The standard InChI is InChI=1S/C21H23Cl2N3O2/c22-17-6-3-5-16(15-17)21(28)26-11-4-10-25(13-14-26)12-9-20(27)24-19-8-2-1-7-18(19)23/h1-3,5-8,15H,4,9-14H2,(H,24,27). The first kappa shape index (κ1) is 20.6. The Kier molecular flexibility index (Phi) is 7.31. The van der Waals surface area contributed by atoms with E-state index in [-0.39, 0.29) is 11.8 Å². The maximum atomic E-state index is 12.7. The molecule has 148 valence electrons. The van der Waals surface area contributed by atoms with Crippen molar-refractivity contribution in [1.29, 1.82) is 0 Å². The van der Waals surface area contributed by atoms with Crippen molar-refractivity contribution in [2.24, 2.45) is 0 Å². The summed E-state index contributed by atoms with van der Waals surface area (Å²) < 4.78 is 0. The lowest BCUT2D eigenvalue weighted by Crippen LogP contribution is -2.36. The van der Waals surface area contributed by atoms with Gasteiger partial charge in [-0.25, -0.2) is 0 Å². The minimum Gasteiger partial charge on any atom is -0.337 e. The number of hydrogen-bond acceptors (Lipinski definition) is 3. The predicted molar refractivity (Wildman–Crippen MR) is 113 cm³/mol. The van der Waals surface area contributed by atoms with Crippen LogP contribution in [0.5, 0.6) is 0 Å². The Hall–Kier alpha value is -2.08. The summed E-state index contributed by atoms with van der Waals surface area (Å²) in [5.41, 5.74) is 1.24. The van der Waals surface area contributed by atoms with E-state index in [4.69, 9.17) is 23.2 Å². The van der Waals surface area contributed by atoms with Crippen molar-refractivity contribution in [3.63, 3.8) is 0 Å². The van der Waals surface area contributed by atoms with E-state index in [0.717, 1.165) is 19.5 Å². The summed E-state index contributed by atoms with van der Waals surface area (Å²) in [5, 5.41) is 3.94. The van der Waals surface area contributed by atoms with E-state index >= 15 is 0 Å². The number of carbonyl (C=O) groups excluding carboxylic acids is 2. The van der Waals surface area contributed by atoms with E-state index < -0.39 is 0 Å². The fraction of sp³-hybridized carbons (Fsp3) is 0.333. The minimum atomic E-state index is -0.0655. The molecule has 0 bridgehead atoms. The van der Waals surface area contributed by atoms with Gasteiger partial charge < -0.3 is 15.1 Å². The Morgan fingerprint density at radius 3 is 2.57 bits per heavy atom. The third-order valence-electron chi connectivity index (χ3n) is 4.75. The van der Waals surface area contributed by atoms with Crippen molar-refractivity contribution in [3.8, 4) is 0 Å². The zero-order valence-electron chi connectivity index (χ0n) is 15.5. The largest absolute Gasteiger partial charge is 0.337 e. The van der Waals surface area contributed by atoms with Crippen LogP contribution in [0.25, 0.3) is 0 Å². The van der Waals surface area contributed by atoms with E-state index in [1.807, 2.05) is 17.0 Å². The van der Waals surface area contributed by atoms with E-state index in [0.29, 0.717) is 47.4 Å². The predicted octanol–water partition coefficient (Wildman–Crippen LogP) is 4.17. The smallest absolute Gasteiger partial charge is 0.253 e. The molecule has 1 aliphatic rings. The number of hydrogen-bond donors (Lipinski definition) is 1. The second kappa shape index (κ2) is 9.92. The third-order valence-corrected chi connectivity index (χ3v) is 5.32. The second-order valence-corrected chi connectivity index (χ2v) is 7.62. The summed E-state index contributed by atoms with van der Waals surface area (Å²) in [6.07, 6.45) is 1.26. The molecule has 0 unspecified atom stereocenters. The van der Waals surface area contributed by atoms with Crippen molar-refractivity contribution in [3.05, 3.63) is 64.1 Å². The molecule has 2 amide bonds. The van der Waals surface area contributed by atoms with Crippen LogP contribution in [0.15, 0.2) is 48.5 Å². The Bertz CT molecular complexity index is 844. The summed E-state index contributed by atoms with van der Waals surface area (Å²) >= 11 is 12.1. The summed E-state index contributed by atoms with van der Waals surface area (Å²) in [4.78, 5) is 29.0. The Morgan fingerprint density at radius 2 is 1.79 bits per heavy atom. The first-order valence-electron chi connectivity index (χ1n) is 9.34. The lowest BCUT2D eigenvalue weighted by atomic mass is 10.2. The first-order valence-corrected chi connectivity index (χ1v) is 10.1. The molecule has 1 aliphatic heterocycles. The average molecular weight is 420 g/mol. The number of nitrogens with one attached hydrogen (secondary N) is 1. The average Bonchev–Trinajstić information content (AvgIpc) is 2.93. The van der Waals surface area contributed by atoms with E-state index in [2.05, 4.69) is 10.2 Å². The van der Waals surface area contributed by atoms with Crippen LogP contribution in [-0.4, -0.2) is 54.3 Å². The van der Waals surface area contributed by atoms with Crippen LogP contribution in [-0.2, 0) is 4.79 Å². The van der Waals surface area contributed by atoms with E-state index in [1.165, 1.54) is 0 Å². The van der Waals surface area contributed by atoms with Gasteiger partial charge in [-0.15, -0.1) is 0 Å². The van der Waals surface area contributed by atoms with Crippen LogP contribution >= 0.6 is 23.2 Å². The number of nitrogens with zero attached hydrogens (tertiary/aromatic N) is 2. The Morgan fingerprint density at radius 1 is 0.964 bits per heavy atom. The number of anilines is 1. The molecule has 1 fully saturated rings. The van der Waals surface area contributed by atoms with Gasteiger partial charge in [-0.3, -0.25) is 9.59 Å². The maximum Gasteiger partial charge on any atom is 0.253 e. The Labute approximate surface area is 175 Å². The quantitative estimate of drug-likeness (QED) is 0.790. The van der Waals surface area contributed by atoms with Gasteiger partial charge in [0, 0.05) is 43.2 Å². The number of amides is 2. The molecule has 7 heteroatoms. The summed E-state index contributed by atoms with van der Waals surface area (Å²) in [7, 11) is 0. The molecule has 0 spiro atoms. The summed E-state index contributed by atoms with van der Waals surface area (Å²) in [6, 6.07) is 14.2. The van der Waals surface area contributed by atoms with Crippen LogP contribution in [0.2, 0.25) is 10.0 Å². The molecule has 0 atom stereocenters. The highest BCUT2D eigenvalue weighted by Crippen LogP contribution is 2.20. The van der Waals surface area contributed by atoms with Gasteiger partial charge in [0.05, 0.1) is 10.7 Å². The zero-order chi connectivity index (χ0) is 19.9. The number of benzene rings is 2. The Balaban J connectivity index is 1.48.